The average molecular weight is 309 g/mol. The molecule has 1 atom stereocenters. The number of benzene rings is 1. The summed E-state index contributed by atoms with van der Waals surface area (Å²) in [5.41, 5.74) is 2.01. The van der Waals surface area contributed by atoms with Crippen LogP contribution >= 0.6 is 15.9 Å². The van der Waals surface area contributed by atoms with Gasteiger partial charge >= 0.3 is 0 Å². The molecular weight excluding hydrogens is 288 g/mol. The largest absolute Gasteiger partial charge is 0.316 e. The summed E-state index contributed by atoms with van der Waals surface area (Å²) in [7, 11) is 0. The van der Waals surface area contributed by atoms with E-state index in [1.165, 1.54) is 55.5 Å². The summed E-state index contributed by atoms with van der Waals surface area (Å²) >= 11 is 3.50. The molecule has 1 aromatic rings. The molecule has 3 heteroatoms. The van der Waals surface area contributed by atoms with E-state index in [-0.39, 0.29) is 0 Å². The molecule has 2 saturated heterocycles. The van der Waals surface area contributed by atoms with Crippen molar-refractivity contribution in [3.63, 3.8) is 0 Å². The number of nitrogens with one attached hydrogen (secondary N) is 1. The summed E-state index contributed by atoms with van der Waals surface area (Å²) in [5, 5.41) is 3.54. The molecule has 0 aromatic heterocycles. The maximum atomic E-state index is 3.54. The molecule has 2 aliphatic rings. The fourth-order valence-corrected chi connectivity index (χ4v) is 3.70. The summed E-state index contributed by atoms with van der Waals surface area (Å²) in [5.74, 6) is 0. The Balaban J connectivity index is 1.64. The van der Waals surface area contributed by atoms with E-state index in [0.717, 1.165) is 6.54 Å². The first-order valence-corrected chi connectivity index (χ1v) is 7.73. The lowest BCUT2D eigenvalue weighted by molar-refractivity contribution is 0.0978. The molecule has 0 aliphatic carbocycles. The predicted octanol–water partition coefficient (Wildman–Crippen LogP) is 3.02. The Morgan fingerprint density at radius 2 is 2.06 bits per heavy atom. The average Bonchev–Trinajstić information content (AvgIpc) is 2.80. The van der Waals surface area contributed by atoms with Crippen LogP contribution in [0.3, 0.4) is 0 Å². The maximum Gasteiger partial charge on any atom is 0.0233 e. The van der Waals surface area contributed by atoms with Gasteiger partial charge in [0.2, 0.25) is 0 Å². The van der Waals surface area contributed by atoms with Crippen molar-refractivity contribution in [2.24, 2.45) is 5.41 Å². The third kappa shape index (κ3) is 2.79. The van der Waals surface area contributed by atoms with Crippen LogP contribution in [0.1, 0.15) is 24.8 Å². The molecule has 2 fully saturated rings. The van der Waals surface area contributed by atoms with Gasteiger partial charge in [-0.25, -0.2) is 0 Å². The molecule has 0 amide bonds. The molecule has 2 nitrogen and oxygen atoms in total. The van der Waals surface area contributed by atoms with Crippen molar-refractivity contribution in [1.82, 2.24) is 10.2 Å². The Morgan fingerprint density at radius 1 is 1.22 bits per heavy atom. The molecule has 3 rings (SSSR count). The molecular formula is C15H21BrN2. The maximum absolute atomic E-state index is 3.54. The molecule has 2 aliphatic heterocycles. The van der Waals surface area contributed by atoms with Gasteiger partial charge < -0.3 is 5.32 Å². The van der Waals surface area contributed by atoms with Gasteiger partial charge in [0.25, 0.3) is 0 Å². The summed E-state index contributed by atoms with van der Waals surface area (Å²) < 4.78 is 1.17. The number of hydrogen-bond acceptors (Lipinski definition) is 2. The zero-order chi connectivity index (χ0) is 12.4. The van der Waals surface area contributed by atoms with Crippen molar-refractivity contribution in [1.29, 1.82) is 0 Å². The Kier molecular flexibility index (Phi) is 3.73. The first-order valence-electron chi connectivity index (χ1n) is 6.93. The highest BCUT2D eigenvalue weighted by molar-refractivity contribution is 9.10. The van der Waals surface area contributed by atoms with Gasteiger partial charge in [0.1, 0.15) is 0 Å². The molecule has 18 heavy (non-hydrogen) atoms. The predicted molar refractivity (Wildman–Crippen MR) is 78.6 cm³/mol. The van der Waals surface area contributed by atoms with Gasteiger partial charge in [0, 0.05) is 24.1 Å². The van der Waals surface area contributed by atoms with Gasteiger partial charge in [-0.15, -0.1) is 0 Å². The first kappa shape index (κ1) is 12.6. The highest BCUT2D eigenvalue weighted by Gasteiger charge is 2.37. The fraction of sp³-hybridized carbons (Fsp3) is 0.600. The highest BCUT2D eigenvalue weighted by atomic mass is 79.9. The monoisotopic (exact) mass is 308 g/mol. The molecule has 0 bridgehead atoms. The Hall–Kier alpha value is -0.380. The number of rotatable bonds is 2. The number of piperidine rings is 1. The standard InChI is InChI=1S/C15H21BrN2/c16-14-4-2-13(3-5-14)10-18-9-1-6-15(12-18)7-8-17-11-15/h2-5,17H,1,6-12H2. The lowest BCUT2D eigenvalue weighted by atomic mass is 9.79. The second-order valence-electron chi connectivity index (χ2n) is 5.87. The van der Waals surface area contributed by atoms with Gasteiger partial charge in [0.15, 0.2) is 0 Å². The number of halogens is 1. The van der Waals surface area contributed by atoms with E-state index in [1.54, 1.807) is 0 Å². The molecule has 1 spiro atoms. The van der Waals surface area contributed by atoms with Crippen LogP contribution in [-0.2, 0) is 6.54 Å². The minimum Gasteiger partial charge on any atom is -0.316 e. The minimum atomic E-state index is 0.577. The van der Waals surface area contributed by atoms with Crippen molar-refractivity contribution in [2.45, 2.75) is 25.8 Å². The van der Waals surface area contributed by atoms with Crippen LogP contribution in [-0.4, -0.2) is 31.1 Å². The van der Waals surface area contributed by atoms with Crippen molar-refractivity contribution in [3.05, 3.63) is 34.3 Å². The lowest BCUT2D eigenvalue weighted by Crippen LogP contribution is -2.43. The van der Waals surface area contributed by atoms with Crippen molar-refractivity contribution >= 4 is 15.9 Å². The molecule has 1 aromatic carbocycles. The van der Waals surface area contributed by atoms with E-state index >= 15 is 0 Å². The summed E-state index contributed by atoms with van der Waals surface area (Å²) in [6.45, 7) is 6.08. The van der Waals surface area contributed by atoms with Gasteiger partial charge in [-0.2, -0.15) is 0 Å². The zero-order valence-electron chi connectivity index (χ0n) is 10.8. The van der Waals surface area contributed by atoms with Crippen LogP contribution in [0.4, 0.5) is 0 Å². The van der Waals surface area contributed by atoms with Crippen LogP contribution in [0, 0.1) is 5.41 Å². The molecule has 1 N–H and O–H groups in total. The van der Waals surface area contributed by atoms with E-state index in [2.05, 4.69) is 50.4 Å². The molecule has 0 saturated carbocycles. The van der Waals surface area contributed by atoms with Crippen molar-refractivity contribution in [2.75, 3.05) is 26.2 Å². The first-order chi connectivity index (χ1) is 8.76. The van der Waals surface area contributed by atoms with Gasteiger partial charge in [-0.05, 0) is 55.5 Å². The molecule has 0 radical (unpaired) electrons. The Morgan fingerprint density at radius 3 is 2.78 bits per heavy atom. The SMILES string of the molecule is Brc1ccc(CN2CCCC3(CCNC3)C2)cc1. The van der Waals surface area contributed by atoms with Crippen LogP contribution in [0.25, 0.3) is 0 Å². The third-order valence-corrected chi connectivity index (χ3v) is 4.92. The second-order valence-corrected chi connectivity index (χ2v) is 6.78. The Labute approximate surface area is 118 Å². The van der Waals surface area contributed by atoms with Gasteiger partial charge in [-0.3, -0.25) is 4.90 Å². The van der Waals surface area contributed by atoms with Crippen LogP contribution in [0.2, 0.25) is 0 Å². The lowest BCUT2D eigenvalue weighted by Gasteiger charge is -2.40. The van der Waals surface area contributed by atoms with E-state index in [9.17, 15) is 0 Å². The van der Waals surface area contributed by atoms with Crippen LogP contribution in [0.15, 0.2) is 28.7 Å². The summed E-state index contributed by atoms with van der Waals surface area (Å²) in [4.78, 5) is 2.64. The van der Waals surface area contributed by atoms with E-state index < -0.39 is 0 Å². The van der Waals surface area contributed by atoms with Gasteiger partial charge in [0.05, 0.1) is 0 Å². The highest BCUT2D eigenvalue weighted by Crippen LogP contribution is 2.35. The minimum absolute atomic E-state index is 0.577. The summed E-state index contributed by atoms with van der Waals surface area (Å²) in [6.07, 6.45) is 4.14. The van der Waals surface area contributed by atoms with E-state index in [4.69, 9.17) is 0 Å². The van der Waals surface area contributed by atoms with Crippen LogP contribution in [0.5, 0.6) is 0 Å². The quantitative estimate of drug-likeness (QED) is 0.903. The number of hydrogen-bond donors (Lipinski definition) is 1. The van der Waals surface area contributed by atoms with E-state index in [1.807, 2.05) is 0 Å². The van der Waals surface area contributed by atoms with Crippen molar-refractivity contribution < 1.29 is 0 Å². The van der Waals surface area contributed by atoms with Crippen molar-refractivity contribution in [3.8, 4) is 0 Å². The number of nitrogens with zero attached hydrogens (tertiary/aromatic N) is 1. The summed E-state index contributed by atoms with van der Waals surface area (Å²) in [6, 6.07) is 8.76. The number of likely N-dealkylation sites (tertiary alicyclic amines) is 1. The third-order valence-electron chi connectivity index (χ3n) is 4.39. The topological polar surface area (TPSA) is 15.3 Å². The molecule has 98 valence electrons. The smallest absolute Gasteiger partial charge is 0.0233 e. The van der Waals surface area contributed by atoms with E-state index in [0.29, 0.717) is 5.41 Å². The second kappa shape index (κ2) is 5.32. The molecule has 2 heterocycles. The van der Waals surface area contributed by atoms with Gasteiger partial charge in [-0.1, -0.05) is 28.1 Å². The zero-order valence-corrected chi connectivity index (χ0v) is 12.4. The normalized spacial score (nSPS) is 28.9. The Bertz CT molecular complexity index is 395. The molecule has 1 unspecified atom stereocenters. The van der Waals surface area contributed by atoms with Crippen LogP contribution < -0.4 is 5.32 Å². The fourth-order valence-electron chi connectivity index (χ4n) is 3.44.